The van der Waals surface area contributed by atoms with E-state index in [1.54, 1.807) is 24.3 Å². The van der Waals surface area contributed by atoms with Crippen LogP contribution in [0.15, 0.2) is 33.5 Å². The minimum atomic E-state index is -0.890. The van der Waals surface area contributed by atoms with Gasteiger partial charge in [0.15, 0.2) is 5.78 Å². The number of ketones is 1. The van der Waals surface area contributed by atoms with Crippen LogP contribution in [0.25, 0.3) is 11.0 Å². The van der Waals surface area contributed by atoms with Gasteiger partial charge in [-0.2, -0.15) is 0 Å². The Bertz CT molecular complexity index is 595. The Balaban J connectivity index is 3.02. The van der Waals surface area contributed by atoms with E-state index in [1.165, 1.54) is 6.92 Å². The summed E-state index contributed by atoms with van der Waals surface area (Å²) in [5.74, 6) is -0.988. The van der Waals surface area contributed by atoms with Crippen molar-refractivity contribution in [3.8, 4) is 5.75 Å². The monoisotopic (exact) mass is 204 g/mol. The molecule has 2 rings (SSSR count). The third-order valence-electron chi connectivity index (χ3n) is 2.14. The number of fused-ring (bicyclic) bond motifs is 1. The van der Waals surface area contributed by atoms with Gasteiger partial charge in [0.05, 0.1) is 5.56 Å². The third-order valence-corrected chi connectivity index (χ3v) is 2.14. The van der Waals surface area contributed by atoms with Crippen molar-refractivity contribution >= 4 is 16.8 Å². The predicted octanol–water partition coefficient (Wildman–Crippen LogP) is 1.70. The maximum atomic E-state index is 11.3. The molecule has 0 radical (unpaired) electrons. The van der Waals surface area contributed by atoms with Gasteiger partial charge in [0.2, 0.25) is 5.75 Å². The molecular weight excluding hydrogens is 196 g/mol. The van der Waals surface area contributed by atoms with Crippen molar-refractivity contribution in [1.29, 1.82) is 0 Å². The molecule has 1 aromatic heterocycles. The second kappa shape index (κ2) is 3.24. The normalized spacial score (nSPS) is 10.5. The number of rotatable bonds is 1. The van der Waals surface area contributed by atoms with Crippen molar-refractivity contribution < 1.29 is 14.3 Å². The van der Waals surface area contributed by atoms with E-state index >= 15 is 0 Å². The first-order valence-electron chi connectivity index (χ1n) is 4.37. The molecule has 2 aromatic rings. The summed E-state index contributed by atoms with van der Waals surface area (Å²) in [5.41, 5.74) is -0.578. The lowest BCUT2D eigenvalue weighted by atomic mass is 10.1. The molecule has 1 heterocycles. The van der Waals surface area contributed by atoms with Crippen molar-refractivity contribution in [3.63, 3.8) is 0 Å². The molecule has 1 aromatic carbocycles. The molecule has 4 nitrogen and oxygen atoms in total. The standard InChI is InChI=1S/C11H8O4/c1-6(12)9-7-4-2-3-5-8(7)15-11(14)10(9)13/h2-5,13H,1H3. The number of aromatic hydroxyl groups is 1. The van der Waals surface area contributed by atoms with Crippen LogP contribution in [0.5, 0.6) is 5.75 Å². The molecule has 0 saturated carbocycles. The Labute approximate surface area is 84.8 Å². The van der Waals surface area contributed by atoms with E-state index in [0.717, 1.165) is 0 Å². The number of carbonyl (C=O) groups excluding carboxylic acids is 1. The molecule has 0 aliphatic rings. The maximum Gasteiger partial charge on any atom is 0.379 e. The van der Waals surface area contributed by atoms with Crippen LogP contribution in [0, 0.1) is 0 Å². The highest BCUT2D eigenvalue weighted by Crippen LogP contribution is 2.23. The molecule has 0 atom stereocenters. The van der Waals surface area contributed by atoms with Gasteiger partial charge in [0.1, 0.15) is 5.58 Å². The van der Waals surface area contributed by atoms with Crippen LogP contribution in [0.2, 0.25) is 0 Å². The van der Waals surface area contributed by atoms with Crippen molar-refractivity contribution in [3.05, 3.63) is 40.2 Å². The van der Waals surface area contributed by atoms with Gasteiger partial charge in [-0.25, -0.2) is 4.79 Å². The van der Waals surface area contributed by atoms with Crippen molar-refractivity contribution in [2.45, 2.75) is 6.92 Å². The van der Waals surface area contributed by atoms with E-state index in [4.69, 9.17) is 4.42 Å². The predicted molar refractivity (Wildman–Crippen MR) is 54.2 cm³/mol. The highest BCUT2D eigenvalue weighted by molar-refractivity contribution is 6.07. The van der Waals surface area contributed by atoms with E-state index in [0.29, 0.717) is 11.0 Å². The molecule has 0 bridgehead atoms. The van der Waals surface area contributed by atoms with Crippen molar-refractivity contribution in [1.82, 2.24) is 0 Å². The number of hydrogen-bond acceptors (Lipinski definition) is 4. The summed E-state index contributed by atoms with van der Waals surface area (Å²) < 4.78 is 4.83. The van der Waals surface area contributed by atoms with Crippen LogP contribution < -0.4 is 5.63 Å². The minimum absolute atomic E-state index is 0.0156. The van der Waals surface area contributed by atoms with Crippen LogP contribution >= 0.6 is 0 Å². The largest absolute Gasteiger partial charge is 0.501 e. The molecule has 0 saturated heterocycles. The maximum absolute atomic E-state index is 11.3. The molecule has 0 aliphatic carbocycles. The average Bonchev–Trinajstić information content (AvgIpc) is 2.19. The van der Waals surface area contributed by atoms with Crippen LogP contribution in [-0.4, -0.2) is 10.9 Å². The van der Waals surface area contributed by atoms with Gasteiger partial charge < -0.3 is 9.52 Å². The first-order valence-corrected chi connectivity index (χ1v) is 4.37. The Kier molecular flexibility index (Phi) is 2.04. The molecule has 0 aliphatic heterocycles. The van der Waals surface area contributed by atoms with Crippen LogP contribution in [0.1, 0.15) is 17.3 Å². The van der Waals surface area contributed by atoms with Crippen LogP contribution in [0.3, 0.4) is 0 Å². The first kappa shape index (κ1) is 9.45. The van der Waals surface area contributed by atoms with Gasteiger partial charge in [-0.3, -0.25) is 4.79 Å². The van der Waals surface area contributed by atoms with E-state index < -0.39 is 11.4 Å². The van der Waals surface area contributed by atoms with Gasteiger partial charge in [-0.05, 0) is 13.0 Å². The van der Waals surface area contributed by atoms with Crippen LogP contribution in [-0.2, 0) is 0 Å². The molecule has 0 amide bonds. The Morgan fingerprint density at radius 2 is 2.00 bits per heavy atom. The van der Waals surface area contributed by atoms with E-state index in [1.807, 2.05) is 0 Å². The Morgan fingerprint density at radius 1 is 1.33 bits per heavy atom. The summed E-state index contributed by atoms with van der Waals surface area (Å²) in [6.45, 7) is 1.29. The Morgan fingerprint density at radius 3 is 2.67 bits per heavy atom. The fraction of sp³-hybridized carbons (Fsp3) is 0.0909. The smallest absolute Gasteiger partial charge is 0.379 e. The summed E-state index contributed by atoms with van der Waals surface area (Å²) >= 11 is 0. The second-order valence-corrected chi connectivity index (χ2v) is 3.17. The SMILES string of the molecule is CC(=O)c1c(O)c(=O)oc2ccccc12. The molecule has 0 unspecified atom stereocenters. The molecule has 1 N–H and O–H groups in total. The molecule has 0 spiro atoms. The van der Waals surface area contributed by atoms with E-state index in [2.05, 4.69) is 0 Å². The quantitative estimate of drug-likeness (QED) is 0.567. The molecule has 0 fully saturated rings. The zero-order valence-corrected chi connectivity index (χ0v) is 7.98. The Hall–Kier alpha value is -2.10. The summed E-state index contributed by atoms with van der Waals surface area (Å²) in [7, 11) is 0. The van der Waals surface area contributed by atoms with Crippen LogP contribution in [0.4, 0.5) is 0 Å². The number of hydrogen-bond donors (Lipinski definition) is 1. The molecule has 4 heteroatoms. The average molecular weight is 204 g/mol. The lowest BCUT2D eigenvalue weighted by Crippen LogP contribution is -2.05. The first-order chi connectivity index (χ1) is 7.11. The summed E-state index contributed by atoms with van der Waals surface area (Å²) in [6.07, 6.45) is 0. The van der Waals surface area contributed by atoms with Crippen molar-refractivity contribution in [2.75, 3.05) is 0 Å². The van der Waals surface area contributed by atoms with Gasteiger partial charge in [-0.1, -0.05) is 18.2 Å². The molecular formula is C11H8O4. The zero-order chi connectivity index (χ0) is 11.0. The lowest BCUT2D eigenvalue weighted by molar-refractivity contribution is 0.101. The highest BCUT2D eigenvalue weighted by Gasteiger charge is 2.16. The lowest BCUT2D eigenvalue weighted by Gasteiger charge is -2.03. The number of benzene rings is 1. The fourth-order valence-electron chi connectivity index (χ4n) is 1.50. The fourth-order valence-corrected chi connectivity index (χ4v) is 1.50. The topological polar surface area (TPSA) is 67.5 Å². The summed E-state index contributed by atoms with van der Waals surface area (Å²) in [6, 6.07) is 6.58. The number of carbonyl (C=O) groups is 1. The van der Waals surface area contributed by atoms with Gasteiger partial charge in [-0.15, -0.1) is 0 Å². The van der Waals surface area contributed by atoms with E-state index in [9.17, 15) is 14.7 Å². The second-order valence-electron chi connectivity index (χ2n) is 3.17. The molecule has 15 heavy (non-hydrogen) atoms. The molecule has 76 valence electrons. The summed E-state index contributed by atoms with van der Waals surface area (Å²) in [5, 5.41) is 9.89. The zero-order valence-electron chi connectivity index (χ0n) is 7.98. The number of para-hydroxylation sites is 1. The third kappa shape index (κ3) is 1.40. The van der Waals surface area contributed by atoms with E-state index in [-0.39, 0.29) is 11.3 Å². The minimum Gasteiger partial charge on any atom is -0.501 e. The van der Waals surface area contributed by atoms with Gasteiger partial charge in [0.25, 0.3) is 0 Å². The van der Waals surface area contributed by atoms with Gasteiger partial charge >= 0.3 is 5.63 Å². The van der Waals surface area contributed by atoms with Gasteiger partial charge in [0, 0.05) is 5.39 Å². The van der Waals surface area contributed by atoms with Crippen molar-refractivity contribution in [2.24, 2.45) is 0 Å². The highest BCUT2D eigenvalue weighted by atomic mass is 16.4. The number of Topliss-reactive ketones (excluding diaryl/α,β-unsaturated/α-hetero) is 1. The summed E-state index contributed by atoms with van der Waals surface area (Å²) in [4.78, 5) is 22.5.